The van der Waals surface area contributed by atoms with Gasteiger partial charge in [-0.25, -0.2) is 22.0 Å². The van der Waals surface area contributed by atoms with Crippen molar-refractivity contribution in [2.24, 2.45) is 0 Å². The van der Waals surface area contributed by atoms with E-state index in [2.05, 4.69) is 5.32 Å². The van der Waals surface area contributed by atoms with Gasteiger partial charge in [0.2, 0.25) is 5.82 Å². The second kappa shape index (κ2) is 8.61. The van der Waals surface area contributed by atoms with Crippen molar-refractivity contribution in [3.8, 4) is 0 Å². The summed E-state index contributed by atoms with van der Waals surface area (Å²) in [6.45, 7) is 5.65. The molecule has 0 fully saturated rings. The minimum Gasteiger partial charge on any atom is -0.348 e. The molecule has 2 nitrogen and oxygen atoms in total. The fourth-order valence-corrected chi connectivity index (χ4v) is 1.90. The Morgan fingerprint density at radius 1 is 0.875 bits per heavy atom. The number of halogens is 5. The van der Waals surface area contributed by atoms with Crippen molar-refractivity contribution in [3.05, 3.63) is 57.9 Å². The predicted molar refractivity (Wildman–Crippen MR) is 81.0 cm³/mol. The largest absolute Gasteiger partial charge is 0.348 e. The standard InChI is InChI=1S/C17H18F5NO/c1-9(2)5-4-6-10(3)7-8-23-17(24)11-12(18)14(20)16(22)15(21)13(11)19/h5,7H,4,6,8H2,1-3H3,(H,23,24)/b10-7+. The van der Waals surface area contributed by atoms with Crippen LogP contribution in [0, 0.1) is 29.1 Å². The van der Waals surface area contributed by atoms with E-state index in [0.29, 0.717) is 0 Å². The van der Waals surface area contributed by atoms with Crippen molar-refractivity contribution in [1.82, 2.24) is 5.32 Å². The molecule has 0 heterocycles. The topological polar surface area (TPSA) is 29.1 Å². The molecule has 0 aliphatic carbocycles. The SMILES string of the molecule is CC(C)=CCC/C(C)=C/CNC(=O)c1c(F)c(F)c(F)c(F)c1F. The van der Waals surface area contributed by atoms with Gasteiger partial charge in [0.15, 0.2) is 23.3 Å². The van der Waals surface area contributed by atoms with E-state index in [1.165, 1.54) is 5.57 Å². The van der Waals surface area contributed by atoms with Crippen LogP contribution in [0.3, 0.4) is 0 Å². The third kappa shape index (κ3) is 4.91. The average molecular weight is 347 g/mol. The van der Waals surface area contributed by atoms with Gasteiger partial charge in [0.1, 0.15) is 5.56 Å². The van der Waals surface area contributed by atoms with Crippen LogP contribution >= 0.6 is 0 Å². The number of benzene rings is 1. The highest BCUT2D eigenvalue weighted by Gasteiger charge is 2.29. The van der Waals surface area contributed by atoms with E-state index >= 15 is 0 Å². The highest BCUT2D eigenvalue weighted by Crippen LogP contribution is 2.22. The van der Waals surface area contributed by atoms with Crippen LogP contribution in [0.1, 0.15) is 44.0 Å². The molecule has 7 heteroatoms. The molecule has 0 bridgehead atoms. The van der Waals surface area contributed by atoms with Gasteiger partial charge in [-0.05, 0) is 33.6 Å². The maximum absolute atomic E-state index is 13.5. The number of allylic oxidation sites excluding steroid dienone is 3. The summed E-state index contributed by atoms with van der Waals surface area (Å²) >= 11 is 0. The smallest absolute Gasteiger partial charge is 0.257 e. The van der Waals surface area contributed by atoms with Gasteiger partial charge in [-0.1, -0.05) is 23.3 Å². The molecule has 132 valence electrons. The molecule has 0 atom stereocenters. The van der Waals surface area contributed by atoms with Gasteiger partial charge in [-0.2, -0.15) is 0 Å². The first-order chi connectivity index (χ1) is 11.2. The molecule has 1 aromatic rings. The lowest BCUT2D eigenvalue weighted by Crippen LogP contribution is -2.27. The van der Waals surface area contributed by atoms with Crippen LogP contribution in [0.5, 0.6) is 0 Å². The second-order valence-corrected chi connectivity index (χ2v) is 5.53. The van der Waals surface area contributed by atoms with Crippen LogP contribution in [0.4, 0.5) is 22.0 Å². The molecular weight excluding hydrogens is 329 g/mol. The lowest BCUT2D eigenvalue weighted by atomic mass is 10.1. The Labute approximate surface area is 137 Å². The quantitative estimate of drug-likeness (QED) is 0.340. The monoisotopic (exact) mass is 347 g/mol. The van der Waals surface area contributed by atoms with Crippen molar-refractivity contribution >= 4 is 5.91 Å². The Kier molecular flexibility index (Phi) is 7.13. The minimum atomic E-state index is -2.29. The van der Waals surface area contributed by atoms with Gasteiger partial charge in [-0.3, -0.25) is 4.79 Å². The fourth-order valence-electron chi connectivity index (χ4n) is 1.90. The summed E-state index contributed by atoms with van der Waals surface area (Å²) < 4.78 is 66.0. The fraction of sp³-hybridized carbons (Fsp3) is 0.353. The van der Waals surface area contributed by atoms with E-state index in [1.54, 1.807) is 6.08 Å². The summed E-state index contributed by atoms with van der Waals surface area (Å²) in [4.78, 5) is 11.7. The van der Waals surface area contributed by atoms with E-state index < -0.39 is 40.6 Å². The Morgan fingerprint density at radius 2 is 1.38 bits per heavy atom. The molecule has 1 N–H and O–H groups in total. The molecule has 0 radical (unpaired) electrons. The molecule has 0 spiro atoms. The summed E-state index contributed by atoms with van der Waals surface area (Å²) in [7, 11) is 0. The molecule has 0 saturated heterocycles. The van der Waals surface area contributed by atoms with Crippen LogP contribution in [0.2, 0.25) is 0 Å². The summed E-state index contributed by atoms with van der Waals surface area (Å²) in [5, 5.41) is 2.12. The van der Waals surface area contributed by atoms with Crippen LogP contribution in [-0.2, 0) is 0 Å². The number of carbonyl (C=O) groups excluding carboxylic acids is 1. The Hall–Kier alpha value is -2.18. The van der Waals surface area contributed by atoms with Gasteiger partial charge in [0.05, 0.1) is 0 Å². The first kappa shape index (κ1) is 19.9. The van der Waals surface area contributed by atoms with Crippen molar-refractivity contribution < 1.29 is 26.7 Å². The van der Waals surface area contributed by atoms with Crippen molar-refractivity contribution in [2.75, 3.05) is 6.54 Å². The molecule has 0 aliphatic heterocycles. The number of hydrogen-bond acceptors (Lipinski definition) is 1. The van der Waals surface area contributed by atoms with Crippen LogP contribution < -0.4 is 5.32 Å². The maximum atomic E-state index is 13.5. The molecule has 1 aromatic carbocycles. The van der Waals surface area contributed by atoms with Crippen LogP contribution in [0.15, 0.2) is 23.3 Å². The Morgan fingerprint density at radius 3 is 1.88 bits per heavy atom. The number of nitrogens with one attached hydrogen (secondary N) is 1. The van der Waals surface area contributed by atoms with Gasteiger partial charge >= 0.3 is 0 Å². The number of rotatable bonds is 6. The first-order valence-electron chi connectivity index (χ1n) is 7.25. The molecule has 0 aromatic heterocycles. The molecule has 1 rings (SSSR count). The van der Waals surface area contributed by atoms with E-state index in [-0.39, 0.29) is 6.54 Å². The number of hydrogen-bond donors (Lipinski definition) is 1. The first-order valence-corrected chi connectivity index (χ1v) is 7.25. The minimum absolute atomic E-state index is 0.0843. The average Bonchev–Trinajstić information content (AvgIpc) is 2.51. The van der Waals surface area contributed by atoms with Crippen LogP contribution in [-0.4, -0.2) is 12.5 Å². The zero-order valence-electron chi connectivity index (χ0n) is 13.6. The summed E-state index contributed by atoms with van der Waals surface area (Å²) in [5.41, 5.74) is 0.606. The lowest BCUT2D eigenvalue weighted by Gasteiger charge is -2.08. The van der Waals surface area contributed by atoms with Crippen molar-refractivity contribution in [2.45, 2.75) is 33.6 Å². The Bertz CT molecular complexity index is 662. The van der Waals surface area contributed by atoms with E-state index in [1.807, 2.05) is 26.8 Å². The third-order valence-electron chi connectivity index (χ3n) is 3.24. The highest BCUT2D eigenvalue weighted by atomic mass is 19.2. The van der Waals surface area contributed by atoms with Crippen molar-refractivity contribution in [1.29, 1.82) is 0 Å². The zero-order valence-corrected chi connectivity index (χ0v) is 13.6. The predicted octanol–water partition coefficient (Wildman–Crippen LogP) is 4.80. The highest BCUT2D eigenvalue weighted by molar-refractivity contribution is 5.94. The second-order valence-electron chi connectivity index (χ2n) is 5.53. The zero-order chi connectivity index (χ0) is 18.4. The van der Waals surface area contributed by atoms with E-state index in [4.69, 9.17) is 0 Å². The summed E-state index contributed by atoms with van der Waals surface area (Å²) in [6.07, 6.45) is 5.17. The third-order valence-corrected chi connectivity index (χ3v) is 3.24. The summed E-state index contributed by atoms with van der Waals surface area (Å²) in [5.74, 6) is -12.2. The summed E-state index contributed by atoms with van der Waals surface area (Å²) in [6, 6.07) is 0. The van der Waals surface area contributed by atoms with Gasteiger partial charge in [0, 0.05) is 6.54 Å². The van der Waals surface area contributed by atoms with E-state index in [9.17, 15) is 26.7 Å². The van der Waals surface area contributed by atoms with Crippen molar-refractivity contribution in [3.63, 3.8) is 0 Å². The van der Waals surface area contributed by atoms with Gasteiger partial charge in [-0.15, -0.1) is 0 Å². The Balaban J connectivity index is 2.78. The molecule has 0 unspecified atom stereocenters. The molecular formula is C17H18F5NO. The van der Waals surface area contributed by atoms with Gasteiger partial charge in [0.25, 0.3) is 5.91 Å². The molecule has 1 amide bonds. The maximum Gasteiger partial charge on any atom is 0.257 e. The van der Waals surface area contributed by atoms with Crippen LogP contribution in [0.25, 0.3) is 0 Å². The number of amides is 1. The lowest BCUT2D eigenvalue weighted by molar-refractivity contribution is 0.0946. The number of carbonyl (C=O) groups is 1. The normalized spacial score (nSPS) is 11.4. The van der Waals surface area contributed by atoms with Gasteiger partial charge < -0.3 is 5.32 Å². The molecule has 0 aliphatic rings. The molecule has 24 heavy (non-hydrogen) atoms. The molecule has 0 saturated carbocycles. The van der Waals surface area contributed by atoms with E-state index in [0.717, 1.165) is 18.4 Å².